The average Bonchev–Trinajstić information content (AvgIpc) is 2.60. The van der Waals surface area contributed by atoms with Crippen LogP contribution in [-0.4, -0.2) is 21.5 Å². The second kappa shape index (κ2) is 6.26. The molecule has 0 bridgehead atoms. The molecule has 0 spiro atoms. The number of anilines is 1. The number of nitrogens with one attached hydrogen (secondary N) is 3. The number of nitrogens with zero attached hydrogens (tertiary/aromatic N) is 2. The standard InChI is InChI=1S/C21H21N5/c1-14-13-21(2,3)26-20(22-14)25-19-23-17-12-8-7-11-16(17)18(24-19)15-9-5-4-6-10-15/h4-13H,1-3H3,(H2,22,23,24,25,26)/p+1. The van der Waals surface area contributed by atoms with Gasteiger partial charge in [0.1, 0.15) is 5.54 Å². The van der Waals surface area contributed by atoms with Crippen LogP contribution >= 0.6 is 0 Å². The maximum Gasteiger partial charge on any atom is 0.356 e. The average molecular weight is 344 g/mol. The van der Waals surface area contributed by atoms with Gasteiger partial charge in [-0.15, -0.1) is 0 Å². The molecule has 3 aromatic rings. The lowest BCUT2D eigenvalue weighted by Crippen LogP contribution is -2.89. The fourth-order valence-corrected chi connectivity index (χ4v) is 3.29. The summed E-state index contributed by atoms with van der Waals surface area (Å²) in [4.78, 5) is 12.9. The molecule has 0 radical (unpaired) electrons. The predicted molar refractivity (Wildman–Crippen MR) is 106 cm³/mol. The van der Waals surface area contributed by atoms with Crippen molar-refractivity contribution in [3.05, 3.63) is 66.4 Å². The van der Waals surface area contributed by atoms with E-state index in [2.05, 4.69) is 58.7 Å². The highest BCUT2D eigenvalue weighted by Gasteiger charge is 2.25. The van der Waals surface area contributed by atoms with E-state index in [0.717, 1.165) is 33.8 Å². The lowest BCUT2D eigenvalue weighted by molar-refractivity contribution is -0.531. The van der Waals surface area contributed by atoms with Gasteiger partial charge in [-0.1, -0.05) is 48.5 Å². The molecule has 0 unspecified atom stereocenters. The van der Waals surface area contributed by atoms with Crippen molar-refractivity contribution in [3.8, 4) is 11.3 Å². The molecule has 5 heteroatoms. The van der Waals surface area contributed by atoms with Crippen LogP contribution in [0.1, 0.15) is 20.8 Å². The van der Waals surface area contributed by atoms with Gasteiger partial charge in [-0.05, 0) is 32.9 Å². The second-order valence-electron chi connectivity index (χ2n) is 7.08. The molecule has 0 atom stereocenters. The first-order chi connectivity index (χ1) is 12.5. The Hall–Kier alpha value is -3.21. The Bertz CT molecular complexity index is 1020. The molecule has 0 saturated heterocycles. The minimum Gasteiger partial charge on any atom is -0.269 e. The molecule has 130 valence electrons. The third-order valence-corrected chi connectivity index (χ3v) is 4.23. The highest BCUT2D eigenvalue weighted by molar-refractivity contribution is 5.95. The van der Waals surface area contributed by atoms with E-state index in [1.54, 1.807) is 0 Å². The topological polar surface area (TPSA) is 63.8 Å². The number of fused-ring (bicyclic) bond motifs is 1. The number of allylic oxidation sites excluding steroid dienone is 1. The highest BCUT2D eigenvalue weighted by atomic mass is 15.3. The van der Waals surface area contributed by atoms with E-state index in [0.29, 0.717) is 5.95 Å². The first-order valence-electron chi connectivity index (χ1n) is 8.71. The quantitative estimate of drug-likeness (QED) is 0.668. The van der Waals surface area contributed by atoms with E-state index in [9.17, 15) is 0 Å². The van der Waals surface area contributed by atoms with Crippen molar-refractivity contribution in [1.82, 2.24) is 15.3 Å². The molecule has 0 fully saturated rings. The summed E-state index contributed by atoms with van der Waals surface area (Å²) in [6.07, 6.45) is 2.15. The molecule has 2 heterocycles. The van der Waals surface area contributed by atoms with Crippen molar-refractivity contribution in [2.75, 3.05) is 5.32 Å². The van der Waals surface area contributed by atoms with Crippen molar-refractivity contribution in [3.63, 3.8) is 0 Å². The van der Waals surface area contributed by atoms with Crippen LogP contribution in [0.25, 0.3) is 22.2 Å². The van der Waals surface area contributed by atoms with Gasteiger partial charge in [0.05, 0.1) is 16.9 Å². The maximum absolute atomic E-state index is 4.80. The van der Waals surface area contributed by atoms with E-state index in [4.69, 9.17) is 4.98 Å². The molecule has 4 rings (SSSR count). The van der Waals surface area contributed by atoms with E-state index in [-0.39, 0.29) is 5.54 Å². The van der Waals surface area contributed by atoms with Crippen molar-refractivity contribution in [1.29, 1.82) is 0 Å². The van der Waals surface area contributed by atoms with Crippen LogP contribution in [0.15, 0.2) is 66.4 Å². The maximum atomic E-state index is 4.80. The van der Waals surface area contributed by atoms with Gasteiger partial charge in [-0.25, -0.2) is 10.6 Å². The van der Waals surface area contributed by atoms with Gasteiger partial charge in [-0.3, -0.25) is 4.99 Å². The molecule has 3 N–H and O–H groups in total. The Morgan fingerprint density at radius 3 is 2.46 bits per heavy atom. The van der Waals surface area contributed by atoms with Gasteiger partial charge in [0.25, 0.3) is 5.95 Å². The van der Waals surface area contributed by atoms with Crippen LogP contribution in [0, 0.1) is 0 Å². The fourth-order valence-electron chi connectivity index (χ4n) is 3.29. The third-order valence-electron chi connectivity index (χ3n) is 4.23. The van der Waals surface area contributed by atoms with Crippen molar-refractivity contribution < 1.29 is 4.99 Å². The summed E-state index contributed by atoms with van der Waals surface area (Å²) in [5, 5.41) is 7.64. The van der Waals surface area contributed by atoms with E-state index >= 15 is 0 Å². The first kappa shape index (κ1) is 16.3. The molecule has 0 amide bonds. The number of hydrogen-bond donors (Lipinski definition) is 3. The molecule has 26 heavy (non-hydrogen) atoms. The molecular formula is C21H22N5+. The predicted octanol–water partition coefficient (Wildman–Crippen LogP) is 2.43. The molecule has 0 aliphatic carbocycles. The normalized spacial score (nSPS) is 15.8. The van der Waals surface area contributed by atoms with Gasteiger partial charge >= 0.3 is 5.96 Å². The minimum absolute atomic E-state index is 0.142. The monoisotopic (exact) mass is 344 g/mol. The first-order valence-corrected chi connectivity index (χ1v) is 8.71. The summed E-state index contributed by atoms with van der Waals surface area (Å²) in [6, 6.07) is 18.3. The van der Waals surface area contributed by atoms with Crippen LogP contribution in [0.3, 0.4) is 0 Å². The molecule has 1 aliphatic rings. The smallest absolute Gasteiger partial charge is 0.269 e. The number of benzene rings is 2. The van der Waals surface area contributed by atoms with E-state index in [1.165, 1.54) is 0 Å². The molecule has 1 aliphatic heterocycles. The summed E-state index contributed by atoms with van der Waals surface area (Å²) in [5.74, 6) is 1.34. The van der Waals surface area contributed by atoms with Crippen molar-refractivity contribution in [2.24, 2.45) is 0 Å². The van der Waals surface area contributed by atoms with Crippen molar-refractivity contribution in [2.45, 2.75) is 26.3 Å². The number of guanidine groups is 1. The largest absolute Gasteiger partial charge is 0.356 e. The van der Waals surface area contributed by atoms with Crippen LogP contribution < -0.4 is 15.6 Å². The zero-order valence-electron chi connectivity index (χ0n) is 15.2. The molecule has 5 nitrogen and oxygen atoms in total. The summed E-state index contributed by atoms with van der Waals surface area (Å²) in [5.41, 5.74) is 3.84. The lowest BCUT2D eigenvalue weighted by Gasteiger charge is -2.21. The summed E-state index contributed by atoms with van der Waals surface area (Å²) in [6.45, 7) is 6.28. The zero-order chi connectivity index (χ0) is 18.1. The summed E-state index contributed by atoms with van der Waals surface area (Å²) >= 11 is 0. The lowest BCUT2D eigenvalue weighted by atomic mass is 10.0. The van der Waals surface area contributed by atoms with E-state index < -0.39 is 0 Å². The number of para-hydroxylation sites is 1. The SMILES string of the molecule is CC1=CC(C)(C)[NH+]=C(Nc2nc(-c3ccccc3)c3ccccc3n2)N1. The molecule has 1 aromatic heterocycles. The fraction of sp³-hybridized carbons (Fsp3) is 0.190. The van der Waals surface area contributed by atoms with E-state index in [1.807, 2.05) is 43.3 Å². The van der Waals surface area contributed by atoms with Crippen LogP contribution in [-0.2, 0) is 0 Å². The molecule has 0 saturated carbocycles. The third kappa shape index (κ3) is 3.28. The van der Waals surface area contributed by atoms with Gasteiger partial charge in [0.15, 0.2) is 0 Å². The van der Waals surface area contributed by atoms with Crippen molar-refractivity contribution >= 4 is 22.8 Å². The second-order valence-corrected chi connectivity index (χ2v) is 7.08. The Kier molecular flexibility index (Phi) is 3.92. The molecule has 2 aromatic carbocycles. The van der Waals surface area contributed by atoms with Crippen LogP contribution in [0.2, 0.25) is 0 Å². The summed E-state index contributed by atoms with van der Waals surface area (Å²) in [7, 11) is 0. The van der Waals surface area contributed by atoms with Gasteiger partial charge in [0.2, 0.25) is 0 Å². The van der Waals surface area contributed by atoms with Gasteiger partial charge in [-0.2, -0.15) is 9.97 Å². The van der Waals surface area contributed by atoms with Gasteiger partial charge in [0, 0.05) is 10.9 Å². The Morgan fingerprint density at radius 2 is 1.69 bits per heavy atom. The summed E-state index contributed by atoms with van der Waals surface area (Å²) < 4.78 is 0. The Labute approximate surface area is 152 Å². The number of hydrogen-bond acceptors (Lipinski definition) is 4. The highest BCUT2D eigenvalue weighted by Crippen LogP contribution is 2.26. The number of aromatic nitrogens is 2. The minimum atomic E-state index is -0.142. The Balaban J connectivity index is 1.79. The molecular weight excluding hydrogens is 322 g/mol. The van der Waals surface area contributed by atoms with Gasteiger partial charge < -0.3 is 0 Å². The van der Waals surface area contributed by atoms with Crippen LogP contribution in [0.4, 0.5) is 5.95 Å². The Morgan fingerprint density at radius 1 is 0.962 bits per heavy atom. The zero-order valence-corrected chi connectivity index (χ0v) is 15.2. The van der Waals surface area contributed by atoms with Crippen LogP contribution in [0.5, 0.6) is 0 Å². The number of rotatable bonds is 2.